The molecule has 0 aromatic carbocycles. The second kappa shape index (κ2) is 23.6. The van der Waals surface area contributed by atoms with E-state index in [1.807, 2.05) is 0 Å². The highest BCUT2D eigenvalue weighted by molar-refractivity contribution is 5.50. The Labute approximate surface area is 488 Å². The Hall–Kier alpha value is -3.34. The Kier molecular flexibility index (Phi) is 18.5. The minimum absolute atomic E-state index is 0.0211. The van der Waals surface area contributed by atoms with Gasteiger partial charge in [-0.2, -0.15) is 29.9 Å². The highest BCUT2D eigenvalue weighted by atomic mass is 15.4. The van der Waals surface area contributed by atoms with Crippen molar-refractivity contribution >= 4 is 35.7 Å². The van der Waals surface area contributed by atoms with Crippen molar-refractivity contribution in [2.24, 2.45) is 0 Å². The van der Waals surface area contributed by atoms with Crippen molar-refractivity contribution in [1.82, 2.24) is 49.5 Å². The van der Waals surface area contributed by atoms with E-state index in [1.54, 1.807) is 0 Å². The molecule has 7 aliphatic rings. The van der Waals surface area contributed by atoms with Gasteiger partial charge < -0.3 is 29.8 Å². The second-order valence-corrected chi connectivity index (χ2v) is 30.5. The first kappa shape index (κ1) is 62.7. The van der Waals surface area contributed by atoms with Crippen LogP contribution in [0.15, 0.2) is 0 Å². The molecule has 454 valence electrons. The van der Waals surface area contributed by atoms with Crippen LogP contribution < -0.4 is 29.8 Å². The van der Waals surface area contributed by atoms with Crippen LogP contribution in [0.3, 0.4) is 0 Å². The number of hydrogen-bond donors (Lipinski definition) is 1. The number of aromatic nitrogens is 6. The van der Waals surface area contributed by atoms with E-state index >= 15 is 0 Å². The molecule has 80 heavy (non-hydrogen) atoms. The average molecular weight is 1110 g/mol. The number of nitrogens with one attached hydrogen (secondary N) is 1. The number of rotatable bonds is 22. The zero-order valence-corrected chi connectivity index (χ0v) is 55.2. The predicted octanol–water partition coefficient (Wildman–Crippen LogP) is 11.8. The second-order valence-electron chi connectivity index (χ2n) is 30.5. The van der Waals surface area contributed by atoms with Gasteiger partial charge in [0.2, 0.25) is 35.7 Å². The van der Waals surface area contributed by atoms with Crippen molar-refractivity contribution < 1.29 is 0 Å². The summed E-state index contributed by atoms with van der Waals surface area (Å²) >= 11 is 0. The summed E-state index contributed by atoms with van der Waals surface area (Å²) in [5.74, 6) is 4.81. The number of hydrogen-bond acceptors (Lipinski definition) is 16. The summed E-state index contributed by atoms with van der Waals surface area (Å²) in [6, 6.07) is 1.26. The molecule has 2 atom stereocenters. The van der Waals surface area contributed by atoms with Crippen molar-refractivity contribution in [1.29, 1.82) is 0 Å². The van der Waals surface area contributed by atoms with E-state index in [-0.39, 0.29) is 44.3 Å². The van der Waals surface area contributed by atoms with Crippen LogP contribution in [-0.4, -0.2) is 192 Å². The maximum absolute atomic E-state index is 5.65. The van der Waals surface area contributed by atoms with Crippen molar-refractivity contribution in [2.75, 3.05) is 104 Å². The van der Waals surface area contributed by atoms with Gasteiger partial charge in [-0.25, -0.2) is 0 Å². The van der Waals surface area contributed by atoms with Crippen molar-refractivity contribution in [3.8, 4) is 0 Å². The third kappa shape index (κ3) is 12.6. The fourth-order valence-electron chi connectivity index (χ4n) is 16.6. The molecule has 5 fully saturated rings. The summed E-state index contributed by atoms with van der Waals surface area (Å²) in [4.78, 5) is 56.8. The molecule has 6 bridgehead atoms. The third-order valence-corrected chi connectivity index (χ3v) is 22.1. The van der Waals surface area contributed by atoms with Crippen LogP contribution in [-0.2, 0) is 0 Å². The number of piperidine rings is 4. The Balaban J connectivity index is 1.14. The Morgan fingerprint density at radius 2 is 0.787 bits per heavy atom. The van der Waals surface area contributed by atoms with Crippen molar-refractivity contribution in [2.45, 2.75) is 301 Å². The lowest BCUT2D eigenvalue weighted by Gasteiger charge is -2.73. The SMILES string of the molecule is CCCCN1c2nc(NCCCN(C)c3nc(N(CCCC)C4CC(C)(C)N(C)C(C)(C)C4)nc(N(CCCC)C4CC(C)(C)N(C)C(C)(C)C4)n3)nc(n2)N(CCCC)C2CC(C)(C)N(C)C3(C2)CC2(CC1CC(C)(C)N2C)C3. The highest BCUT2D eigenvalue weighted by Gasteiger charge is 2.66. The summed E-state index contributed by atoms with van der Waals surface area (Å²) in [5.41, 5.74) is 0.452. The van der Waals surface area contributed by atoms with E-state index < -0.39 is 0 Å². The summed E-state index contributed by atoms with van der Waals surface area (Å²) in [6.45, 7) is 43.7. The highest BCUT2D eigenvalue weighted by Crippen LogP contribution is 2.61. The summed E-state index contributed by atoms with van der Waals surface area (Å²) in [6.07, 6.45) is 20.8. The normalized spacial score (nSPS) is 28.4. The first-order valence-electron chi connectivity index (χ1n) is 32.4. The molecule has 1 saturated carbocycles. The molecule has 16 heteroatoms. The third-order valence-electron chi connectivity index (χ3n) is 22.1. The Morgan fingerprint density at radius 1 is 0.425 bits per heavy atom. The molecular weight excluding hydrogens is 993 g/mol. The van der Waals surface area contributed by atoms with Gasteiger partial charge in [0.15, 0.2) is 0 Å². The van der Waals surface area contributed by atoms with Gasteiger partial charge in [0.1, 0.15) is 0 Å². The average Bonchev–Trinajstić information content (AvgIpc) is 3.38. The van der Waals surface area contributed by atoms with Gasteiger partial charge in [-0.05, 0) is 208 Å². The fraction of sp³-hybridized carbons (Fsp3) is 0.906. The minimum Gasteiger partial charge on any atom is -0.354 e. The molecule has 16 nitrogen and oxygen atoms in total. The van der Waals surface area contributed by atoms with Crippen LogP contribution in [0.25, 0.3) is 0 Å². The quantitative estimate of drug-likeness (QED) is 0.113. The number of anilines is 6. The largest absolute Gasteiger partial charge is 0.354 e. The molecular formula is C64H118N16. The number of likely N-dealkylation sites (tertiary alicyclic amines) is 4. The van der Waals surface area contributed by atoms with Gasteiger partial charge in [0.05, 0.1) is 0 Å². The maximum Gasteiger partial charge on any atom is 0.232 e. The fourth-order valence-corrected chi connectivity index (χ4v) is 16.6. The van der Waals surface area contributed by atoms with Gasteiger partial charge in [0, 0.05) is 115 Å². The smallest absolute Gasteiger partial charge is 0.232 e. The van der Waals surface area contributed by atoms with Crippen LogP contribution in [0.1, 0.15) is 233 Å². The van der Waals surface area contributed by atoms with E-state index in [9.17, 15) is 0 Å². The van der Waals surface area contributed by atoms with Gasteiger partial charge in [-0.1, -0.05) is 53.4 Å². The number of nitrogens with zero attached hydrogens (tertiary/aromatic N) is 15. The van der Waals surface area contributed by atoms with Crippen LogP contribution >= 0.6 is 0 Å². The van der Waals surface area contributed by atoms with E-state index in [1.165, 1.54) is 12.8 Å². The molecule has 0 amide bonds. The summed E-state index contributed by atoms with van der Waals surface area (Å²) in [5, 5.41) is 3.83. The zero-order chi connectivity index (χ0) is 58.6. The van der Waals surface area contributed by atoms with Crippen LogP contribution in [0, 0.1) is 0 Å². The molecule has 1 N–H and O–H groups in total. The molecule has 6 aliphatic heterocycles. The van der Waals surface area contributed by atoms with Gasteiger partial charge >= 0.3 is 0 Å². The van der Waals surface area contributed by atoms with Gasteiger partial charge in [-0.3, -0.25) is 19.6 Å². The minimum atomic E-state index is 0.0211. The zero-order valence-electron chi connectivity index (χ0n) is 55.2. The van der Waals surface area contributed by atoms with Crippen molar-refractivity contribution in [3.05, 3.63) is 0 Å². The lowest BCUT2D eigenvalue weighted by Crippen LogP contribution is -2.80. The summed E-state index contributed by atoms with van der Waals surface area (Å²) in [7, 11) is 11.7. The summed E-state index contributed by atoms with van der Waals surface area (Å²) < 4.78 is 0. The Morgan fingerprint density at radius 3 is 1.16 bits per heavy atom. The first-order chi connectivity index (χ1) is 37.4. The van der Waals surface area contributed by atoms with Crippen LogP contribution in [0.2, 0.25) is 0 Å². The van der Waals surface area contributed by atoms with Gasteiger partial charge in [-0.15, -0.1) is 0 Å². The van der Waals surface area contributed by atoms with Crippen molar-refractivity contribution in [3.63, 3.8) is 0 Å². The number of unbranched alkanes of at least 4 members (excludes halogenated alkanes) is 4. The topological polar surface area (TPSA) is 119 Å². The van der Waals surface area contributed by atoms with E-state index in [4.69, 9.17) is 29.9 Å². The van der Waals surface area contributed by atoms with E-state index in [0.717, 1.165) is 172 Å². The lowest BCUT2D eigenvalue weighted by molar-refractivity contribution is -0.189. The molecule has 9 rings (SSSR count). The molecule has 2 spiro atoms. The van der Waals surface area contributed by atoms with E-state index in [0.29, 0.717) is 36.7 Å². The molecule has 8 heterocycles. The molecule has 2 aromatic rings. The first-order valence-corrected chi connectivity index (χ1v) is 32.4. The Bertz CT molecular complexity index is 2190. The maximum atomic E-state index is 5.65. The molecule has 4 saturated heterocycles. The standard InChI is InChI=1S/C64H118N16/c1-22-26-33-77(47-37-57(5,6)73(18)58(7,8)38-47)55-68-52(69-56(71-55)78(34-27-23-2)48-39-59(9,10)74(19)60(11,12)40-48)72(17)32-30-31-65-51-66-53-70-54(67-51)80(36-29-25-4)50-42-62(15,16)76(21)64(44-50)45-63(46-64)43-49(79(53)35-28-24-3)41-61(13,14)75(63)20/h47-50H,22-46H2,1-21H3,(H,65,66,67,70). The lowest BCUT2D eigenvalue weighted by atomic mass is 9.52. The molecule has 0 radical (unpaired) electrons. The predicted molar refractivity (Wildman–Crippen MR) is 337 cm³/mol. The van der Waals surface area contributed by atoms with Crippen LogP contribution in [0.4, 0.5) is 35.7 Å². The van der Waals surface area contributed by atoms with Gasteiger partial charge in [0.25, 0.3) is 0 Å². The monoisotopic (exact) mass is 1110 g/mol. The van der Waals surface area contributed by atoms with E-state index in [2.05, 4.69) is 195 Å². The molecule has 1 aliphatic carbocycles. The molecule has 2 aromatic heterocycles. The molecule has 2 unspecified atom stereocenters. The van der Waals surface area contributed by atoms with Crippen LogP contribution in [0.5, 0.6) is 0 Å².